The summed E-state index contributed by atoms with van der Waals surface area (Å²) in [5.41, 5.74) is 0. The van der Waals surface area contributed by atoms with Gasteiger partial charge in [-0.05, 0) is 12.5 Å². The van der Waals surface area contributed by atoms with Gasteiger partial charge in [-0.25, -0.2) is 13.1 Å². The zero-order chi connectivity index (χ0) is 14.0. The summed E-state index contributed by atoms with van der Waals surface area (Å²) in [6.07, 6.45) is 0.349. The van der Waals surface area contributed by atoms with E-state index in [0.717, 1.165) is 16.5 Å². The Hall–Kier alpha value is -0.990. The Bertz CT molecular complexity index is 689. The highest BCUT2D eigenvalue weighted by Gasteiger charge is 2.22. The Balaban J connectivity index is 1.77. The van der Waals surface area contributed by atoms with E-state index in [9.17, 15) is 8.42 Å². The highest BCUT2D eigenvalue weighted by Crippen LogP contribution is 2.28. The molecule has 0 amide bonds. The summed E-state index contributed by atoms with van der Waals surface area (Å²) < 4.78 is 38.8. The molecule has 1 aromatic carbocycles. The summed E-state index contributed by atoms with van der Waals surface area (Å²) in [7, 11) is -3.54. The van der Waals surface area contributed by atoms with Gasteiger partial charge in [0, 0.05) is 15.5 Å². The molecule has 0 atom stereocenters. The predicted molar refractivity (Wildman–Crippen MR) is 77.3 cm³/mol. The summed E-state index contributed by atoms with van der Waals surface area (Å²) in [4.78, 5) is 0.314. The molecule has 0 saturated carbocycles. The van der Waals surface area contributed by atoms with Gasteiger partial charge in [0.05, 0.1) is 19.8 Å². The van der Waals surface area contributed by atoms with Gasteiger partial charge in [-0.3, -0.25) is 0 Å². The lowest BCUT2D eigenvalue weighted by Crippen LogP contribution is -2.37. The van der Waals surface area contributed by atoms with E-state index >= 15 is 0 Å². The largest absolute Gasteiger partial charge is 0.351 e. The number of fused-ring (bicyclic) bond motifs is 1. The zero-order valence-corrected chi connectivity index (χ0v) is 12.4. The topological polar surface area (TPSA) is 64.6 Å². The van der Waals surface area contributed by atoms with Crippen molar-refractivity contribution in [2.24, 2.45) is 0 Å². The van der Waals surface area contributed by atoms with Crippen LogP contribution >= 0.6 is 11.3 Å². The molecule has 1 fully saturated rings. The normalized spacial score (nSPS) is 17.6. The third-order valence-electron chi connectivity index (χ3n) is 3.07. The fourth-order valence-electron chi connectivity index (χ4n) is 2.07. The molecule has 2 heterocycles. The molecule has 3 rings (SSSR count). The van der Waals surface area contributed by atoms with Crippen LogP contribution in [0.15, 0.2) is 34.5 Å². The fraction of sp³-hybridized carbons (Fsp3) is 0.385. The molecule has 20 heavy (non-hydrogen) atoms. The molecule has 0 radical (unpaired) electrons. The molecule has 1 aromatic heterocycles. The average molecular weight is 313 g/mol. The van der Waals surface area contributed by atoms with Crippen molar-refractivity contribution in [1.82, 2.24) is 4.72 Å². The van der Waals surface area contributed by atoms with Gasteiger partial charge in [0.15, 0.2) is 6.29 Å². The van der Waals surface area contributed by atoms with Crippen LogP contribution < -0.4 is 4.72 Å². The minimum absolute atomic E-state index is 0.131. The maximum atomic E-state index is 12.3. The molecule has 5 nitrogen and oxygen atoms in total. The second-order valence-corrected chi connectivity index (χ2v) is 7.12. The Labute approximate surface area is 121 Å². The van der Waals surface area contributed by atoms with Crippen LogP contribution in [0.2, 0.25) is 0 Å². The van der Waals surface area contributed by atoms with Gasteiger partial charge in [-0.1, -0.05) is 18.2 Å². The molecule has 1 aliphatic heterocycles. The monoisotopic (exact) mass is 313 g/mol. The van der Waals surface area contributed by atoms with E-state index in [-0.39, 0.29) is 6.54 Å². The van der Waals surface area contributed by atoms with E-state index in [1.165, 1.54) is 11.3 Å². The van der Waals surface area contributed by atoms with E-state index in [1.807, 2.05) is 24.3 Å². The maximum absolute atomic E-state index is 12.3. The van der Waals surface area contributed by atoms with Gasteiger partial charge in [-0.15, -0.1) is 11.3 Å². The van der Waals surface area contributed by atoms with Gasteiger partial charge in [0.25, 0.3) is 0 Å². The second-order valence-electron chi connectivity index (χ2n) is 4.47. The summed E-state index contributed by atoms with van der Waals surface area (Å²) in [5, 5.41) is 2.41. The van der Waals surface area contributed by atoms with Crippen LogP contribution in [0.5, 0.6) is 0 Å². The molecular weight excluding hydrogens is 298 g/mol. The van der Waals surface area contributed by atoms with Crippen molar-refractivity contribution >= 4 is 31.4 Å². The standard InChI is InChI=1S/C13H15NO4S2/c15-20(16,14-8-13-17-6-3-7-18-13)12-9-19-11-5-2-1-4-10(11)12/h1-2,4-5,9,13-14H,3,6-8H2. The van der Waals surface area contributed by atoms with E-state index < -0.39 is 16.3 Å². The molecule has 0 bridgehead atoms. The number of rotatable bonds is 4. The van der Waals surface area contributed by atoms with Crippen LogP contribution in [0.4, 0.5) is 0 Å². The fourth-order valence-corrected chi connectivity index (χ4v) is 4.59. The Morgan fingerprint density at radius 3 is 2.80 bits per heavy atom. The zero-order valence-electron chi connectivity index (χ0n) is 10.7. The molecule has 0 aliphatic carbocycles. The highest BCUT2D eigenvalue weighted by atomic mass is 32.2. The molecule has 108 valence electrons. The van der Waals surface area contributed by atoms with E-state index in [2.05, 4.69) is 4.72 Å². The number of hydrogen-bond acceptors (Lipinski definition) is 5. The molecule has 7 heteroatoms. The van der Waals surface area contributed by atoms with E-state index in [0.29, 0.717) is 18.1 Å². The first-order chi connectivity index (χ1) is 9.67. The van der Waals surface area contributed by atoms with E-state index in [1.54, 1.807) is 5.38 Å². The van der Waals surface area contributed by atoms with Crippen molar-refractivity contribution in [2.45, 2.75) is 17.6 Å². The number of thiophene rings is 1. The molecule has 0 unspecified atom stereocenters. The lowest BCUT2D eigenvalue weighted by molar-refractivity contribution is -0.173. The smallest absolute Gasteiger partial charge is 0.242 e. The van der Waals surface area contributed by atoms with Crippen molar-refractivity contribution in [3.63, 3.8) is 0 Å². The Morgan fingerprint density at radius 1 is 1.25 bits per heavy atom. The third-order valence-corrected chi connectivity index (χ3v) is 5.65. The molecule has 1 aliphatic rings. The van der Waals surface area contributed by atoms with Crippen molar-refractivity contribution in [2.75, 3.05) is 19.8 Å². The number of sulfonamides is 1. The molecule has 0 spiro atoms. The van der Waals surface area contributed by atoms with E-state index in [4.69, 9.17) is 9.47 Å². The predicted octanol–water partition coefficient (Wildman–Crippen LogP) is 1.94. The van der Waals surface area contributed by atoms with Crippen molar-refractivity contribution in [3.05, 3.63) is 29.6 Å². The minimum atomic E-state index is -3.54. The number of hydrogen-bond donors (Lipinski definition) is 1. The lowest BCUT2D eigenvalue weighted by Gasteiger charge is -2.23. The molecule has 1 N–H and O–H groups in total. The van der Waals surface area contributed by atoms with Gasteiger partial charge >= 0.3 is 0 Å². The van der Waals surface area contributed by atoms with Crippen LogP contribution in [0, 0.1) is 0 Å². The highest BCUT2D eigenvalue weighted by molar-refractivity contribution is 7.90. The summed E-state index contributed by atoms with van der Waals surface area (Å²) in [6, 6.07) is 7.45. The first-order valence-corrected chi connectivity index (χ1v) is 8.72. The molecular formula is C13H15NO4S2. The number of ether oxygens (including phenoxy) is 2. The van der Waals surface area contributed by atoms with Crippen LogP contribution in [0.25, 0.3) is 10.1 Å². The van der Waals surface area contributed by atoms with Gasteiger partial charge in [0.1, 0.15) is 4.90 Å². The molecule has 2 aromatic rings. The van der Waals surface area contributed by atoms with Gasteiger partial charge < -0.3 is 9.47 Å². The quantitative estimate of drug-likeness (QED) is 0.937. The van der Waals surface area contributed by atoms with Crippen LogP contribution in [0.3, 0.4) is 0 Å². The molecule has 1 saturated heterocycles. The SMILES string of the molecule is O=S(=O)(NCC1OCCCO1)c1csc2ccccc12. The number of benzene rings is 1. The summed E-state index contributed by atoms with van der Waals surface area (Å²) >= 11 is 1.42. The second kappa shape index (κ2) is 5.79. The van der Waals surface area contributed by atoms with Crippen molar-refractivity contribution in [1.29, 1.82) is 0 Å². The van der Waals surface area contributed by atoms with Crippen LogP contribution in [-0.2, 0) is 19.5 Å². The lowest BCUT2D eigenvalue weighted by atomic mass is 10.3. The average Bonchev–Trinajstić information content (AvgIpc) is 2.91. The van der Waals surface area contributed by atoms with Crippen molar-refractivity contribution < 1.29 is 17.9 Å². The Kier molecular flexibility index (Phi) is 4.04. The first-order valence-electron chi connectivity index (χ1n) is 6.36. The van der Waals surface area contributed by atoms with Crippen LogP contribution in [-0.4, -0.2) is 34.5 Å². The van der Waals surface area contributed by atoms with Gasteiger partial charge in [-0.2, -0.15) is 0 Å². The summed E-state index contributed by atoms with van der Waals surface area (Å²) in [5.74, 6) is 0. The first kappa shape index (κ1) is 14.0. The Morgan fingerprint density at radius 2 is 2.00 bits per heavy atom. The maximum Gasteiger partial charge on any atom is 0.242 e. The van der Waals surface area contributed by atoms with Crippen LogP contribution in [0.1, 0.15) is 6.42 Å². The summed E-state index contributed by atoms with van der Waals surface area (Å²) in [6.45, 7) is 1.34. The third kappa shape index (κ3) is 2.87. The number of nitrogens with one attached hydrogen (secondary N) is 1. The van der Waals surface area contributed by atoms with Gasteiger partial charge in [0.2, 0.25) is 10.0 Å². The minimum Gasteiger partial charge on any atom is -0.351 e. The van der Waals surface area contributed by atoms with Crippen molar-refractivity contribution in [3.8, 4) is 0 Å².